The standard InChI is InChI=1S/C24H24FN5O2S/c1-14-9-15(7-8-18(14)22(26)31)20-12-27-23-19(28-13-24(2,3)32)11-21(29-30(20)23)33-17-6-4-5-16(25)10-17/h4-12,28,32H,13H2,1-3H3,(H2,26,31). The first-order valence-electron chi connectivity index (χ1n) is 10.3. The smallest absolute Gasteiger partial charge is 0.248 e. The van der Waals surface area contributed by atoms with Crippen molar-refractivity contribution in [1.29, 1.82) is 0 Å². The fourth-order valence-corrected chi connectivity index (χ4v) is 4.24. The minimum atomic E-state index is -0.937. The topological polar surface area (TPSA) is 106 Å². The number of benzene rings is 2. The number of aliphatic hydroxyl groups is 1. The van der Waals surface area contributed by atoms with E-state index in [0.717, 1.165) is 16.8 Å². The zero-order valence-corrected chi connectivity index (χ0v) is 19.3. The lowest BCUT2D eigenvalue weighted by atomic mass is 10.0. The number of anilines is 1. The summed E-state index contributed by atoms with van der Waals surface area (Å²) < 4.78 is 15.4. The summed E-state index contributed by atoms with van der Waals surface area (Å²) in [5.41, 5.74) is 8.51. The van der Waals surface area contributed by atoms with Gasteiger partial charge in [0.2, 0.25) is 5.91 Å². The number of aryl methyl sites for hydroxylation is 1. The van der Waals surface area contributed by atoms with Gasteiger partial charge in [0.05, 0.1) is 23.2 Å². The maximum atomic E-state index is 13.7. The summed E-state index contributed by atoms with van der Waals surface area (Å²) in [6.07, 6.45) is 1.70. The van der Waals surface area contributed by atoms with Crippen LogP contribution in [0, 0.1) is 12.7 Å². The van der Waals surface area contributed by atoms with Crippen LogP contribution in [0.4, 0.5) is 10.1 Å². The number of hydrogen-bond acceptors (Lipinski definition) is 6. The van der Waals surface area contributed by atoms with Gasteiger partial charge in [-0.1, -0.05) is 23.9 Å². The van der Waals surface area contributed by atoms with Crippen LogP contribution in [-0.4, -0.2) is 37.8 Å². The van der Waals surface area contributed by atoms with Crippen molar-refractivity contribution in [1.82, 2.24) is 14.6 Å². The second kappa shape index (κ2) is 8.84. The van der Waals surface area contributed by atoms with Gasteiger partial charge in [-0.2, -0.15) is 5.10 Å². The number of halogens is 1. The van der Waals surface area contributed by atoms with Gasteiger partial charge < -0.3 is 16.2 Å². The van der Waals surface area contributed by atoms with Gasteiger partial charge in [0.25, 0.3) is 0 Å². The Bertz CT molecular complexity index is 1350. The number of nitrogens with one attached hydrogen (secondary N) is 1. The highest BCUT2D eigenvalue weighted by Gasteiger charge is 2.18. The summed E-state index contributed by atoms with van der Waals surface area (Å²) in [6, 6.07) is 13.5. The molecule has 0 aliphatic rings. The normalized spacial score (nSPS) is 11.7. The number of primary amides is 1. The molecule has 9 heteroatoms. The summed E-state index contributed by atoms with van der Waals surface area (Å²) in [6.45, 7) is 5.54. The molecule has 0 bridgehead atoms. The van der Waals surface area contributed by atoms with E-state index in [1.807, 2.05) is 25.1 Å². The second-order valence-corrected chi connectivity index (χ2v) is 9.49. The van der Waals surface area contributed by atoms with E-state index in [1.165, 1.54) is 23.9 Å². The van der Waals surface area contributed by atoms with Crippen molar-refractivity contribution >= 4 is 29.0 Å². The number of carbonyl (C=O) groups is 1. The Balaban J connectivity index is 1.82. The molecule has 0 spiro atoms. The van der Waals surface area contributed by atoms with E-state index < -0.39 is 11.5 Å². The molecule has 0 fully saturated rings. The largest absolute Gasteiger partial charge is 0.389 e. The average molecular weight is 466 g/mol. The predicted octanol–water partition coefficient (Wildman–Crippen LogP) is 4.28. The van der Waals surface area contributed by atoms with Crippen molar-refractivity contribution in [2.24, 2.45) is 5.73 Å². The van der Waals surface area contributed by atoms with E-state index in [2.05, 4.69) is 10.3 Å². The number of rotatable bonds is 7. The Morgan fingerprint density at radius 1 is 1.24 bits per heavy atom. The van der Waals surface area contributed by atoms with Crippen LogP contribution in [0.1, 0.15) is 29.8 Å². The number of imidazole rings is 1. The maximum Gasteiger partial charge on any atom is 0.248 e. The van der Waals surface area contributed by atoms with Gasteiger partial charge >= 0.3 is 0 Å². The van der Waals surface area contributed by atoms with Crippen LogP contribution in [0.2, 0.25) is 0 Å². The number of hydrogen-bond donors (Lipinski definition) is 3. The van der Waals surface area contributed by atoms with E-state index in [4.69, 9.17) is 10.8 Å². The Kier molecular flexibility index (Phi) is 6.09. The first kappa shape index (κ1) is 22.8. The first-order valence-corrected chi connectivity index (χ1v) is 11.1. The van der Waals surface area contributed by atoms with Gasteiger partial charge in [-0.25, -0.2) is 13.9 Å². The summed E-state index contributed by atoms with van der Waals surface area (Å²) >= 11 is 1.32. The maximum absolute atomic E-state index is 13.7. The molecule has 4 aromatic rings. The van der Waals surface area contributed by atoms with Crippen molar-refractivity contribution in [3.8, 4) is 11.3 Å². The van der Waals surface area contributed by atoms with Crippen LogP contribution in [0.15, 0.2) is 64.6 Å². The summed E-state index contributed by atoms with van der Waals surface area (Å²) in [5, 5.41) is 18.8. The van der Waals surface area contributed by atoms with Crippen LogP contribution >= 0.6 is 11.8 Å². The molecule has 0 aliphatic carbocycles. The molecular formula is C24H24FN5O2S. The summed E-state index contributed by atoms with van der Waals surface area (Å²) in [5.74, 6) is -0.808. The van der Waals surface area contributed by atoms with Crippen molar-refractivity contribution in [2.45, 2.75) is 36.3 Å². The Hall–Kier alpha value is -3.43. The first-order chi connectivity index (χ1) is 15.6. The van der Waals surface area contributed by atoms with E-state index in [-0.39, 0.29) is 5.82 Å². The molecule has 0 atom stereocenters. The number of nitrogens with two attached hydrogens (primary N) is 1. The van der Waals surface area contributed by atoms with Gasteiger partial charge in [0.1, 0.15) is 10.8 Å². The Morgan fingerprint density at radius 3 is 2.70 bits per heavy atom. The van der Waals surface area contributed by atoms with Crippen LogP contribution in [0.25, 0.3) is 16.9 Å². The van der Waals surface area contributed by atoms with E-state index in [0.29, 0.717) is 33.4 Å². The molecule has 170 valence electrons. The number of fused-ring (bicyclic) bond motifs is 1. The number of amides is 1. The number of nitrogens with zero attached hydrogens (tertiary/aromatic N) is 3. The molecule has 7 nitrogen and oxygen atoms in total. The monoisotopic (exact) mass is 465 g/mol. The lowest BCUT2D eigenvalue weighted by Gasteiger charge is -2.19. The van der Waals surface area contributed by atoms with Crippen molar-refractivity contribution in [3.05, 3.63) is 71.7 Å². The molecule has 2 aromatic carbocycles. The molecule has 0 saturated carbocycles. The van der Waals surface area contributed by atoms with E-state index in [9.17, 15) is 14.3 Å². The molecule has 2 heterocycles. The minimum Gasteiger partial charge on any atom is -0.389 e. The van der Waals surface area contributed by atoms with Gasteiger partial charge in [-0.15, -0.1) is 0 Å². The quantitative estimate of drug-likeness (QED) is 0.376. The molecule has 4 N–H and O–H groups in total. The van der Waals surface area contributed by atoms with E-state index in [1.54, 1.807) is 42.8 Å². The fourth-order valence-electron chi connectivity index (χ4n) is 3.39. The Labute approximate surface area is 194 Å². The Morgan fingerprint density at radius 2 is 2.03 bits per heavy atom. The highest BCUT2D eigenvalue weighted by Crippen LogP contribution is 2.32. The molecule has 1 amide bonds. The lowest BCUT2D eigenvalue weighted by Crippen LogP contribution is -2.29. The van der Waals surface area contributed by atoms with E-state index >= 15 is 0 Å². The average Bonchev–Trinajstić information content (AvgIpc) is 3.15. The van der Waals surface area contributed by atoms with Crippen LogP contribution in [0.5, 0.6) is 0 Å². The molecule has 2 aromatic heterocycles. The lowest BCUT2D eigenvalue weighted by molar-refractivity contribution is 0.0944. The highest BCUT2D eigenvalue weighted by molar-refractivity contribution is 7.99. The molecule has 0 saturated heterocycles. The summed E-state index contributed by atoms with van der Waals surface area (Å²) in [4.78, 5) is 16.9. The van der Waals surface area contributed by atoms with Gasteiger partial charge in [-0.3, -0.25) is 4.79 Å². The van der Waals surface area contributed by atoms with Gasteiger partial charge in [-0.05, 0) is 62.7 Å². The zero-order valence-electron chi connectivity index (χ0n) is 18.5. The zero-order chi connectivity index (χ0) is 23.8. The van der Waals surface area contributed by atoms with Crippen LogP contribution in [0.3, 0.4) is 0 Å². The fraction of sp³-hybridized carbons (Fsp3) is 0.208. The second-order valence-electron chi connectivity index (χ2n) is 8.39. The van der Waals surface area contributed by atoms with Gasteiger partial charge in [0.15, 0.2) is 5.65 Å². The molecular weight excluding hydrogens is 441 g/mol. The third-order valence-corrected chi connectivity index (χ3v) is 5.86. The van der Waals surface area contributed by atoms with Crippen molar-refractivity contribution in [2.75, 3.05) is 11.9 Å². The molecule has 0 radical (unpaired) electrons. The minimum absolute atomic E-state index is 0.297. The predicted molar refractivity (Wildman–Crippen MR) is 127 cm³/mol. The highest BCUT2D eigenvalue weighted by atomic mass is 32.2. The summed E-state index contributed by atoms with van der Waals surface area (Å²) in [7, 11) is 0. The van der Waals surface area contributed by atoms with Gasteiger partial charge in [0, 0.05) is 22.6 Å². The SMILES string of the molecule is Cc1cc(-c2cnc3c(NCC(C)(C)O)cc(Sc4cccc(F)c4)nn23)ccc1C(N)=O. The number of carbonyl (C=O) groups excluding carboxylic acids is 1. The third kappa shape index (κ3) is 5.15. The van der Waals surface area contributed by atoms with Crippen LogP contribution < -0.4 is 11.1 Å². The molecule has 4 rings (SSSR count). The van der Waals surface area contributed by atoms with Crippen LogP contribution in [-0.2, 0) is 0 Å². The van der Waals surface area contributed by atoms with Crippen molar-refractivity contribution in [3.63, 3.8) is 0 Å². The number of aromatic nitrogens is 3. The third-order valence-electron chi connectivity index (χ3n) is 4.96. The molecule has 0 aliphatic heterocycles. The molecule has 33 heavy (non-hydrogen) atoms. The molecule has 0 unspecified atom stereocenters. The van der Waals surface area contributed by atoms with Crippen molar-refractivity contribution < 1.29 is 14.3 Å².